The van der Waals surface area contributed by atoms with Crippen molar-refractivity contribution in [2.75, 3.05) is 44.3 Å². The highest BCUT2D eigenvalue weighted by atomic mass is 16.7. The van der Waals surface area contributed by atoms with Crippen LogP contribution in [0.4, 0.5) is 5.82 Å². The van der Waals surface area contributed by atoms with Gasteiger partial charge in [-0.05, 0) is 38.3 Å². The SMILES string of the molecule is Cc1cc(C)c2c(N3CCCC3)nc(C(=O)N3CCC4(CC3)OCCO4)nc2n1. The van der Waals surface area contributed by atoms with Crippen molar-refractivity contribution in [2.24, 2.45) is 0 Å². The first-order valence-corrected chi connectivity index (χ1v) is 10.5. The van der Waals surface area contributed by atoms with Crippen LogP contribution in [0, 0.1) is 13.8 Å². The molecule has 0 aromatic carbocycles. The maximum Gasteiger partial charge on any atom is 0.291 e. The van der Waals surface area contributed by atoms with Crippen molar-refractivity contribution >= 4 is 22.8 Å². The van der Waals surface area contributed by atoms with Gasteiger partial charge in [-0.25, -0.2) is 15.0 Å². The number of likely N-dealkylation sites (tertiary alicyclic amines) is 1. The molecule has 0 unspecified atom stereocenters. The quantitative estimate of drug-likeness (QED) is 0.769. The minimum Gasteiger partial charge on any atom is -0.356 e. The summed E-state index contributed by atoms with van der Waals surface area (Å²) in [6.45, 7) is 8.35. The van der Waals surface area contributed by atoms with Gasteiger partial charge in [0.25, 0.3) is 5.91 Å². The second-order valence-electron chi connectivity index (χ2n) is 8.24. The Hall–Kier alpha value is -2.32. The zero-order valence-corrected chi connectivity index (χ0v) is 17.1. The molecular formula is C21H27N5O3. The van der Waals surface area contributed by atoms with Crippen LogP contribution in [0.5, 0.6) is 0 Å². The smallest absolute Gasteiger partial charge is 0.291 e. The highest BCUT2D eigenvalue weighted by molar-refractivity contribution is 5.97. The Morgan fingerprint density at radius 1 is 1.00 bits per heavy atom. The van der Waals surface area contributed by atoms with E-state index in [0.29, 0.717) is 44.8 Å². The van der Waals surface area contributed by atoms with Crippen molar-refractivity contribution in [1.29, 1.82) is 0 Å². The van der Waals surface area contributed by atoms with Crippen LogP contribution in [0.1, 0.15) is 47.6 Å². The summed E-state index contributed by atoms with van der Waals surface area (Å²) in [5.41, 5.74) is 2.61. The third-order valence-corrected chi connectivity index (χ3v) is 6.20. The predicted molar refractivity (Wildman–Crippen MR) is 108 cm³/mol. The summed E-state index contributed by atoms with van der Waals surface area (Å²) in [6.07, 6.45) is 3.65. The molecule has 3 aliphatic rings. The number of hydrogen-bond donors (Lipinski definition) is 0. The maximum atomic E-state index is 13.3. The van der Waals surface area contributed by atoms with Gasteiger partial charge in [0.1, 0.15) is 5.82 Å². The summed E-state index contributed by atoms with van der Waals surface area (Å²) in [5, 5.41) is 0.958. The molecule has 3 aliphatic heterocycles. The summed E-state index contributed by atoms with van der Waals surface area (Å²) in [7, 11) is 0. The summed E-state index contributed by atoms with van der Waals surface area (Å²) in [6, 6.07) is 2.05. The molecule has 8 nitrogen and oxygen atoms in total. The van der Waals surface area contributed by atoms with Gasteiger partial charge in [-0.15, -0.1) is 0 Å². The topological polar surface area (TPSA) is 80.7 Å². The number of amides is 1. The number of anilines is 1. The van der Waals surface area contributed by atoms with Crippen molar-refractivity contribution in [3.63, 3.8) is 0 Å². The standard InChI is InChI=1S/C21H27N5O3/c1-14-13-15(2)22-17-16(14)19(25-7-3-4-8-25)24-18(23-17)20(27)26-9-5-21(6-10-26)28-11-12-29-21/h13H,3-12H2,1-2H3. The lowest BCUT2D eigenvalue weighted by Crippen LogP contribution is -2.47. The molecule has 3 fully saturated rings. The summed E-state index contributed by atoms with van der Waals surface area (Å²) in [5.74, 6) is 0.441. The first-order valence-electron chi connectivity index (χ1n) is 10.5. The number of rotatable bonds is 2. The fourth-order valence-corrected chi connectivity index (χ4v) is 4.69. The zero-order chi connectivity index (χ0) is 20.0. The molecule has 0 N–H and O–H groups in total. The molecule has 3 saturated heterocycles. The van der Waals surface area contributed by atoms with Crippen LogP contribution in [-0.4, -0.2) is 70.9 Å². The predicted octanol–water partition coefficient (Wildman–Crippen LogP) is 2.22. The van der Waals surface area contributed by atoms with Gasteiger partial charge in [0.15, 0.2) is 11.4 Å². The van der Waals surface area contributed by atoms with Crippen molar-refractivity contribution in [1.82, 2.24) is 19.9 Å². The molecule has 2 aromatic heterocycles. The van der Waals surface area contributed by atoms with Crippen LogP contribution < -0.4 is 4.90 Å². The number of aryl methyl sites for hydroxylation is 2. The average molecular weight is 397 g/mol. The second-order valence-corrected chi connectivity index (χ2v) is 8.24. The minimum absolute atomic E-state index is 0.138. The van der Waals surface area contributed by atoms with E-state index < -0.39 is 5.79 Å². The Balaban J connectivity index is 1.49. The normalized spacial score (nSPS) is 21.4. The van der Waals surface area contributed by atoms with Crippen molar-refractivity contribution in [3.8, 4) is 0 Å². The van der Waals surface area contributed by atoms with Crippen LogP contribution in [0.15, 0.2) is 6.07 Å². The third kappa shape index (κ3) is 3.34. The van der Waals surface area contributed by atoms with E-state index in [-0.39, 0.29) is 11.7 Å². The van der Waals surface area contributed by atoms with E-state index >= 15 is 0 Å². The van der Waals surface area contributed by atoms with Crippen LogP contribution in [-0.2, 0) is 9.47 Å². The molecule has 5 rings (SSSR count). The molecule has 8 heteroatoms. The molecule has 0 bridgehead atoms. The van der Waals surface area contributed by atoms with Gasteiger partial charge in [0, 0.05) is 44.7 Å². The fourth-order valence-electron chi connectivity index (χ4n) is 4.69. The van der Waals surface area contributed by atoms with E-state index in [2.05, 4.69) is 27.9 Å². The Bertz CT molecular complexity index is 941. The van der Waals surface area contributed by atoms with Crippen molar-refractivity contribution in [3.05, 3.63) is 23.1 Å². The van der Waals surface area contributed by atoms with Crippen LogP contribution in [0.25, 0.3) is 11.0 Å². The number of pyridine rings is 1. The van der Waals surface area contributed by atoms with Gasteiger partial charge in [-0.2, -0.15) is 0 Å². The molecule has 0 radical (unpaired) electrons. The number of carbonyl (C=O) groups is 1. The summed E-state index contributed by atoms with van der Waals surface area (Å²) >= 11 is 0. The summed E-state index contributed by atoms with van der Waals surface area (Å²) in [4.78, 5) is 31.3. The number of aromatic nitrogens is 3. The Morgan fingerprint density at radius 3 is 2.38 bits per heavy atom. The average Bonchev–Trinajstić information content (AvgIpc) is 3.39. The van der Waals surface area contributed by atoms with Gasteiger partial charge in [0.2, 0.25) is 5.82 Å². The molecule has 0 aliphatic carbocycles. The monoisotopic (exact) mass is 397 g/mol. The van der Waals surface area contributed by atoms with Crippen LogP contribution in [0.2, 0.25) is 0 Å². The van der Waals surface area contributed by atoms with E-state index in [9.17, 15) is 4.79 Å². The van der Waals surface area contributed by atoms with E-state index in [1.807, 2.05) is 11.8 Å². The molecule has 0 atom stereocenters. The molecular weight excluding hydrogens is 370 g/mol. The van der Waals surface area contributed by atoms with E-state index in [0.717, 1.165) is 48.4 Å². The Morgan fingerprint density at radius 2 is 1.69 bits per heavy atom. The number of carbonyl (C=O) groups excluding carboxylic acids is 1. The first-order chi connectivity index (χ1) is 14.0. The lowest BCUT2D eigenvalue weighted by molar-refractivity contribution is -0.181. The van der Waals surface area contributed by atoms with Gasteiger partial charge in [-0.3, -0.25) is 4.79 Å². The number of ether oxygens (including phenoxy) is 2. The van der Waals surface area contributed by atoms with E-state index in [4.69, 9.17) is 14.5 Å². The molecule has 5 heterocycles. The zero-order valence-electron chi connectivity index (χ0n) is 17.1. The largest absolute Gasteiger partial charge is 0.356 e. The highest BCUT2D eigenvalue weighted by Gasteiger charge is 2.41. The maximum absolute atomic E-state index is 13.3. The fraction of sp³-hybridized carbons (Fsp3) is 0.619. The summed E-state index contributed by atoms with van der Waals surface area (Å²) < 4.78 is 11.6. The molecule has 2 aromatic rings. The Labute approximate surface area is 170 Å². The second kappa shape index (κ2) is 7.18. The highest BCUT2D eigenvalue weighted by Crippen LogP contribution is 2.33. The lowest BCUT2D eigenvalue weighted by Gasteiger charge is -2.37. The molecule has 1 amide bonds. The number of fused-ring (bicyclic) bond motifs is 1. The van der Waals surface area contributed by atoms with Gasteiger partial charge >= 0.3 is 0 Å². The number of nitrogens with zero attached hydrogens (tertiary/aromatic N) is 5. The van der Waals surface area contributed by atoms with Crippen molar-refractivity contribution in [2.45, 2.75) is 45.3 Å². The lowest BCUT2D eigenvalue weighted by atomic mass is 10.0. The van der Waals surface area contributed by atoms with Crippen LogP contribution >= 0.6 is 0 Å². The molecule has 154 valence electrons. The van der Waals surface area contributed by atoms with Gasteiger partial charge < -0.3 is 19.3 Å². The third-order valence-electron chi connectivity index (χ3n) is 6.20. The Kier molecular flexibility index (Phi) is 4.63. The van der Waals surface area contributed by atoms with E-state index in [1.54, 1.807) is 0 Å². The first kappa shape index (κ1) is 18.7. The number of piperidine rings is 1. The van der Waals surface area contributed by atoms with Crippen LogP contribution in [0.3, 0.4) is 0 Å². The van der Waals surface area contributed by atoms with Gasteiger partial charge in [-0.1, -0.05) is 0 Å². The van der Waals surface area contributed by atoms with Crippen molar-refractivity contribution < 1.29 is 14.3 Å². The molecule has 0 saturated carbocycles. The number of hydrogen-bond acceptors (Lipinski definition) is 7. The molecule has 29 heavy (non-hydrogen) atoms. The van der Waals surface area contributed by atoms with E-state index in [1.165, 1.54) is 0 Å². The minimum atomic E-state index is -0.502. The molecule has 1 spiro atoms. The van der Waals surface area contributed by atoms with Gasteiger partial charge in [0.05, 0.1) is 18.6 Å².